The van der Waals surface area contributed by atoms with Crippen molar-refractivity contribution in [1.29, 1.82) is 0 Å². The molecule has 1 saturated carbocycles. The van der Waals surface area contributed by atoms with Gasteiger partial charge in [-0.05, 0) is 26.3 Å². The summed E-state index contributed by atoms with van der Waals surface area (Å²) in [5.41, 5.74) is 0.528. The van der Waals surface area contributed by atoms with E-state index in [1.165, 1.54) is 32.1 Å². The summed E-state index contributed by atoms with van der Waals surface area (Å²) in [6, 6.07) is 0. The van der Waals surface area contributed by atoms with Gasteiger partial charge in [0.2, 0.25) is 0 Å². The second kappa shape index (κ2) is 2.70. The van der Waals surface area contributed by atoms with Crippen LogP contribution in [0.5, 0.6) is 0 Å². The molecule has 0 heterocycles. The lowest BCUT2D eigenvalue weighted by Gasteiger charge is -2.26. The molecule has 1 aliphatic rings. The van der Waals surface area contributed by atoms with Crippen LogP contribution in [0, 0.1) is 0 Å². The molecule has 0 unspecified atom stereocenters. The third-order valence-electron chi connectivity index (χ3n) is 2.77. The largest absolute Gasteiger partial charge is 0.314 e. The Bertz CT molecular complexity index is 76.6. The standard InChI is InChI=1S/C8H17N/c1-3-8(9-2)6-4-5-7-8/h9H,3-7H2,1-2H3. The van der Waals surface area contributed by atoms with E-state index in [1.54, 1.807) is 0 Å². The normalized spacial score (nSPS) is 24.7. The minimum Gasteiger partial charge on any atom is -0.314 e. The fourth-order valence-electron chi connectivity index (χ4n) is 1.83. The Labute approximate surface area is 57.8 Å². The highest BCUT2D eigenvalue weighted by atomic mass is 14.9. The van der Waals surface area contributed by atoms with Gasteiger partial charge < -0.3 is 5.32 Å². The monoisotopic (exact) mass is 127 g/mol. The lowest BCUT2D eigenvalue weighted by molar-refractivity contribution is 0.347. The first-order valence-corrected chi connectivity index (χ1v) is 4.02. The van der Waals surface area contributed by atoms with E-state index in [2.05, 4.69) is 19.3 Å². The zero-order chi connectivity index (χ0) is 6.74. The predicted octanol–water partition coefficient (Wildman–Crippen LogP) is 1.93. The van der Waals surface area contributed by atoms with Gasteiger partial charge in [0, 0.05) is 5.54 Å². The molecule has 0 amide bonds. The van der Waals surface area contributed by atoms with Crippen molar-refractivity contribution in [3.8, 4) is 0 Å². The van der Waals surface area contributed by atoms with Gasteiger partial charge in [-0.3, -0.25) is 0 Å². The Morgan fingerprint density at radius 3 is 2.11 bits per heavy atom. The molecule has 9 heavy (non-hydrogen) atoms. The molecule has 0 spiro atoms. The molecule has 1 fully saturated rings. The highest BCUT2D eigenvalue weighted by Gasteiger charge is 2.29. The van der Waals surface area contributed by atoms with Crippen molar-refractivity contribution >= 4 is 0 Å². The maximum absolute atomic E-state index is 3.43. The first-order valence-electron chi connectivity index (χ1n) is 4.02. The average molecular weight is 127 g/mol. The third kappa shape index (κ3) is 1.26. The summed E-state index contributed by atoms with van der Waals surface area (Å²) in [6.45, 7) is 2.28. The third-order valence-corrected chi connectivity index (χ3v) is 2.77. The first-order chi connectivity index (χ1) is 4.33. The maximum Gasteiger partial charge on any atom is 0.0175 e. The molecule has 0 aliphatic heterocycles. The van der Waals surface area contributed by atoms with Gasteiger partial charge >= 0.3 is 0 Å². The minimum absolute atomic E-state index is 0.528. The van der Waals surface area contributed by atoms with Crippen LogP contribution >= 0.6 is 0 Å². The van der Waals surface area contributed by atoms with Gasteiger partial charge in [0.05, 0.1) is 0 Å². The highest BCUT2D eigenvalue weighted by Crippen LogP contribution is 2.31. The number of rotatable bonds is 2. The minimum atomic E-state index is 0.528. The fourth-order valence-corrected chi connectivity index (χ4v) is 1.83. The van der Waals surface area contributed by atoms with Crippen LogP contribution in [0.15, 0.2) is 0 Å². The topological polar surface area (TPSA) is 12.0 Å². The van der Waals surface area contributed by atoms with Gasteiger partial charge in [-0.25, -0.2) is 0 Å². The average Bonchev–Trinajstić information content (AvgIpc) is 2.36. The van der Waals surface area contributed by atoms with Gasteiger partial charge in [0.1, 0.15) is 0 Å². The van der Waals surface area contributed by atoms with Crippen LogP contribution in [0.4, 0.5) is 0 Å². The van der Waals surface area contributed by atoms with E-state index in [1.807, 2.05) is 0 Å². The van der Waals surface area contributed by atoms with Crippen molar-refractivity contribution in [1.82, 2.24) is 5.32 Å². The van der Waals surface area contributed by atoms with Crippen molar-refractivity contribution in [2.75, 3.05) is 7.05 Å². The molecule has 54 valence electrons. The Morgan fingerprint density at radius 2 is 1.89 bits per heavy atom. The molecule has 1 aliphatic carbocycles. The molecule has 1 heteroatoms. The van der Waals surface area contributed by atoms with Crippen molar-refractivity contribution in [3.05, 3.63) is 0 Å². The number of hydrogen-bond acceptors (Lipinski definition) is 1. The SMILES string of the molecule is CCC1(NC)CCCC1. The summed E-state index contributed by atoms with van der Waals surface area (Å²) >= 11 is 0. The van der Waals surface area contributed by atoms with Gasteiger partial charge in [-0.15, -0.1) is 0 Å². The van der Waals surface area contributed by atoms with Crippen molar-refractivity contribution in [2.45, 2.75) is 44.6 Å². The molecule has 0 aromatic rings. The Kier molecular flexibility index (Phi) is 2.12. The Hall–Kier alpha value is -0.0400. The molecule has 0 bridgehead atoms. The van der Waals surface area contributed by atoms with Gasteiger partial charge in [-0.1, -0.05) is 19.8 Å². The molecule has 1 N–H and O–H groups in total. The van der Waals surface area contributed by atoms with E-state index in [9.17, 15) is 0 Å². The van der Waals surface area contributed by atoms with Crippen molar-refractivity contribution < 1.29 is 0 Å². The molecule has 0 atom stereocenters. The molecule has 0 saturated heterocycles. The van der Waals surface area contributed by atoms with Crippen LogP contribution < -0.4 is 5.32 Å². The summed E-state index contributed by atoms with van der Waals surface area (Å²) in [5.74, 6) is 0. The molecular formula is C8H17N. The van der Waals surface area contributed by atoms with Gasteiger partial charge in [-0.2, -0.15) is 0 Å². The molecular weight excluding hydrogens is 110 g/mol. The summed E-state index contributed by atoms with van der Waals surface area (Å²) in [5, 5.41) is 3.43. The Morgan fingerprint density at radius 1 is 1.33 bits per heavy atom. The molecule has 1 rings (SSSR count). The lowest BCUT2D eigenvalue weighted by Crippen LogP contribution is -2.38. The van der Waals surface area contributed by atoms with Crippen LogP contribution in [0.25, 0.3) is 0 Å². The Balaban J connectivity index is 2.45. The van der Waals surface area contributed by atoms with E-state index in [0.29, 0.717) is 5.54 Å². The zero-order valence-corrected chi connectivity index (χ0v) is 6.54. The van der Waals surface area contributed by atoms with Crippen LogP contribution in [0.2, 0.25) is 0 Å². The summed E-state index contributed by atoms with van der Waals surface area (Å²) in [4.78, 5) is 0. The lowest BCUT2D eigenvalue weighted by atomic mass is 9.95. The zero-order valence-electron chi connectivity index (χ0n) is 6.54. The summed E-state index contributed by atoms with van der Waals surface area (Å²) < 4.78 is 0. The number of hydrogen-bond donors (Lipinski definition) is 1. The van der Waals surface area contributed by atoms with Crippen LogP contribution in [0.3, 0.4) is 0 Å². The molecule has 1 nitrogen and oxygen atoms in total. The first kappa shape index (κ1) is 7.07. The van der Waals surface area contributed by atoms with E-state index in [4.69, 9.17) is 0 Å². The number of nitrogens with one attached hydrogen (secondary N) is 1. The summed E-state index contributed by atoms with van der Waals surface area (Å²) in [7, 11) is 2.09. The van der Waals surface area contributed by atoms with E-state index in [-0.39, 0.29) is 0 Å². The quantitative estimate of drug-likeness (QED) is 0.597. The predicted molar refractivity (Wildman–Crippen MR) is 40.5 cm³/mol. The van der Waals surface area contributed by atoms with E-state index in [0.717, 1.165) is 0 Å². The molecule has 0 radical (unpaired) electrons. The molecule has 0 aromatic heterocycles. The second-order valence-electron chi connectivity index (χ2n) is 3.09. The smallest absolute Gasteiger partial charge is 0.0175 e. The van der Waals surface area contributed by atoms with Gasteiger partial charge in [0.25, 0.3) is 0 Å². The van der Waals surface area contributed by atoms with Crippen molar-refractivity contribution in [3.63, 3.8) is 0 Å². The van der Waals surface area contributed by atoms with E-state index < -0.39 is 0 Å². The maximum atomic E-state index is 3.43. The second-order valence-corrected chi connectivity index (χ2v) is 3.09. The highest BCUT2D eigenvalue weighted by molar-refractivity contribution is 4.89. The van der Waals surface area contributed by atoms with Crippen LogP contribution in [-0.2, 0) is 0 Å². The van der Waals surface area contributed by atoms with Crippen molar-refractivity contribution in [2.24, 2.45) is 0 Å². The van der Waals surface area contributed by atoms with Crippen LogP contribution in [-0.4, -0.2) is 12.6 Å². The molecule has 0 aromatic carbocycles. The summed E-state index contributed by atoms with van der Waals surface area (Å²) in [6.07, 6.45) is 6.92. The van der Waals surface area contributed by atoms with Crippen LogP contribution in [0.1, 0.15) is 39.0 Å². The van der Waals surface area contributed by atoms with Gasteiger partial charge in [0.15, 0.2) is 0 Å². The van der Waals surface area contributed by atoms with E-state index >= 15 is 0 Å². The fraction of sp³-hybridized carbons (Fsp3) is 1.00.